The van der Waals surface area contributed by atoms with E-state index in [4.69, 9.17) is 10.4 Å². The van der Waals surface area contributed by atoms with Gasteiger partial charge < -0.3 is 5.11 Å². The number of rotatable bonds is 3. The predicted octanol–water partition coefficient (Wildman–Crippen LogP) is 0.154. The van der Waals surface area contributed by atoms with E-state index in [9.17, 15) is 0 Å². The third kappa shape index (κ3) is 4.29. The van der Waals surface area contributed by atoms with Crippen molar-refractivity contribution in [2.24, 2.45) is 0 Å². The first-order valence-corrected chi connectivity index (χ1v) is 3.89. The number of hydrogen-bond acceptors (Lipinski definition) is 4. The first-order valence-electron chi connectivity index (χ1n) is 3.89. The summed E-state index contributed by atoms with van der Waals surface area (Å²) in [5.41, 5.74) is 4.68. The topological polar surface area (TPSA) is 68.1 Å². The summed E-state index contributed by atoms with van der Waals surface area (Å²) in [7, 11) is 0. The molecular weight excluding hydrogens is 154 g/mol. The molecule has 70 valence electrons. The van der Waals surface area contributed by atoms with E-state index in [-0.39, 0.29) is 12.1 Å². The quantitative estimate of drug-likeness (QED) is 0.529. The third-order valence-electron chi connectivity index (χ3n) is 1.28. The van der Waals surface area contributed by atoms with Crippen LogP contribution in [0.5, 0.6) is 0 Å². The van der Waals surface area contributed by atoms with Crippen LogP contribution in [0.15, 0.2) is 0 Å². The summed E-state index contributed by atoms with van der Waals surface area (Å²) < 4.78 is 0. The van der Waals surface area contributed by atoms with Gasteiger partial charge in [-0.2, -0.15) is 5.26 Å². The molecule has 0 aromatic heterocycles. The number of nitriles is 1. The van der Waals surface area contributed by atoms with Crippen LogP contribution in [0.2, 0.25) is 0 Å². The number of hydrogen-bond donors (Lipinski definition) is 3. The number of hydrazine groups is 1. The standard InChI is InChI=1S/C8H17N3O/c1-7(2,3)10-11-8(4,5-9)6-12/h10-12H,6H2,1-4H3. The van der Waals surface area contributed by atoms with Crippen molar-refractivity contribution in [2.75, 3.05) is 6.61 Å². The minimum atomic E-state index is -0.909. The van der Waals surface area contributed by atoms with Gasteiger partial charge in [0.25, 0.3) is 0 Å². The van der Waals surface area contributed by atoms with E-state index in [0.29, 0.717) is 0 Å². The van der Waals surface area contributed by atoms with Crippen molar-refractivity contribution in [3.05, 3.63) is 0 Å². The average Bonchev–Trinajstić information content (AvgIpc) is 1.99. The molecule has 0 saturated carbocycles. The molecule has 4 heteroatoms. The Morgan fingerprint density at radius 3 is 2.00 bits per heavy atom. The molecule has 0 saturated heterocycles. The van der Waals surface area contributed by atoms with Crippen LogP contribution in [0, 0.1) is 11.3 Å². The van der Waals surface area contributed by atoms with Gasteiger partial charge in [0, 0.05) is 5.54 Å². The monoisotopic (exact) mass is 171 g/mol. The second kappa shape index (κ2) is 3.85. The molecule has 3 N–H and O–H groups in total. The molecule has 0 fully saturated rings. The molecule has 0 aromatic rings. The highest BCUT2D eigenvalue weighted by atomic mass is 16.3. The molecule has 0 aliphatic rings. The maximum Gasteiger partial charge on any atom is 0.139 e. The molecule has 0 radical (unpaired) electrons. The summed E-state index contributed by atoms with van der Waals surface area (Å²) in [5, 5.41) is 17.5. The lowest BCUT2D eigenvalue weighted by molar-refractivity contribution is 0.179. The number of aliphatic hydroxyl groups is 1. The Morgan fingerprint density at radius 1 is 1.25 bits per heavy atom. The Labute approximate surface area is 73.6 Å². The Bertz CT molecular complexity index is 180. The lowest BCUT2D eigenvalue weighted by atomic mass is 10.1. The molecular formula is C8H17N3O. The first kappa shape index (κ1) is 11.4. The van der Waals surface area contributed by atoms with Crippen molar-refractivity contribution in [1.82, 2.24) is 10.9 Å². The molecule has 12 heavy (non-hydrogen) atoms. The summed E-state index contributed by atoms with van der Waals surface area (Å²) in [6.45, 7) is 7.32. The van der Waals surface area contributed by atoms with Crippen LogP contribution in [0.4, 0.5) is 0 Å². The summed E-state index contributed by atoms with van der Waals surface area (Å²) in [4.78, 5) is 0. The van der Waals surface area contributed by atoms with Gasteiger partial charge in [0.05, 0.1) is 12.7 Å². The fourth-order valence-electron chi connectivity index (χ4n) is 0.428. The molecule has 0 aliphatic carbocycles. The van der Waals surface area contributed by atoms with E-state index >= 15 is 0 Å². The Balaban J connectivity index is 4.01. The number of nitrogens with zero attached hydrogens (tertiary/aromatic N) is 1. The summed E-state index contributed by atoms with van der Waals surface area (Å²) in [6, 6.07) is 1.98. The molecule has 0 heterocycles. The van der Waals surface area contributed by atoms with Gasteiger partial charge in [-0.05, 0) is 27.7 Å². The zero-order valence-corrected chi connectivity index (χ0v) is 8.10. The lowest BCUT2D eigenvalue weighted by Gasteiger charge is -2.28. The van der Waals surface area contributed by atoms with Gasteiger partial charge in [-0.25, -0.2) is 5.43 Å². The maximum atomic E-state index is 8.86. The predicted molar refractivity (Wildman–Crippen MR) is 47.1 cm³/mol. The van der Waals surface area contributed by atoms with E-state index in [0.717, 1.165) is 0 Å². The van der Waals surface area contributed by atoms with Crippen LogP contribution in [-0.2, 0) is 0 Å². The SMILES string of the molecule is CC(C)(C)NNC(C)(C#N)CO. The zero-order valence-electron chi connectivity index (χ0n) is 8.10. The fourth-order valence-corrected chi connectivity index (χ4v) is 0.428. The minimum absolute atomic E-state index is 0.118. The normalized spacial score (nSPS) is 16.7. The van der Waals surface area contributed by atoms with E-state index in [1.807, 2.05) is 26.8 Å². The molecule has 0 rings (SSSR count). The molecule has 0 spiro atoms. The van der Waals surface area contributed by atoms with Gasteiger partial charge in [-0.1, -0.05) is 0 Å². The van der Waals surface area contributed by atoms with Gasteiger partial charge >= 0.3 is 0 Å². The number of nitrogens with one attached hydrogen (secondary N) is 2. The van der Waals surface area contributed by atoms with Crippen LogP contribution in [0.3, 0.4) is 0 Å². The third-order valence-corrected chi connectivity index (χ3v) is 1.28. The van der Waals surface area contributed by atoms with Crippen molar-refractivity contribution < 1.29 is 5.11 Å². The average molecular weight is 171 g/mol. The zero-order chi connectivity index (χ0) is 9.83. The number of aliphatic hydroxyl groups excluding tert-OH is 1. The van der Waals surface area contributed by atoms with Crippen LogP contribution >= 0.6 is 0 Å². The highest BCUT2D eigenvalue weighted by Gasteiger charge is 2.23. The van der Waals surface area contributed by atoms with Crippen LogP contribution in [-0.4, -0.2) is 22.8 Å². The first-order chi connectivity index (χ1) is 5.33. The second-order valence-corrected chi connectivity index (χ2v) is 4.10. The van der Waals surface area contributed by atoms with Gasteiger partial charge in [0.15, 0.2) is 0 Å². The smallest absolute Gasteiger partial charge is 0.139 e. The summed E-state index contributed by atoms with van der Waals surface area (Å²) in [6.07, 6.45) is 0. The van der Waals surface area contributed by atoms with Crippen molar-refractivity contribution in [1.29, 1.82) is 5.26 Å². The van der Waals surface area contributed by atoms with Crippen molar-refractivity contribution >= 4 is 0 Å². The highest BCUT2D eigenvalue weighted by Crippen LogP contribution is 2.01. The molecule has 0 aliphatic heterocycles. The van der Waals surface area contributed by atoms with E-state index in [1.165, 1.54) is 0 Å². The maximum absolute atomic E-state index is 8.86. The summed E-state index contributed by atoms with van der Waals surface area (Å²) in [5.74, 6) is 0. The van der Waals surface area contributed by atoms with Gasteiger partial charge in [0.1, 0.15) is 5.54 Å². The van der Waals surface area contributed by atoms with Crippen LogP contribution in [0.1, 0.15) is 27.7 Å². The van der Waals surface area contributed by atoms with Crippen molar-refractivity contribution in [3.8, 4) is 6.07 Å². The fraction of sp³-hybridized carbons (Fsp3) is 0.875. The Hall–Kier alpha value is -0.630. The highest BCUT2D eigenvalue weighted by molar-refractivity contribution is 5.02. The molecule has 0 amide bonds. The molecule has 1 atom stereocenters. The van der Waals surface area contributed by atoms with Gasteiger partial charge in [0.2, 0.25) is 0 Å². The van der Waals surface area contributed by atoms with Gasteiger partial charge in [-0.15, -0.1) is 0 Å². The Kier molecular flexibility index (Phi) is 3.65. The molecule has 0 bridgehead atoms. The molecule has 1 unspecified atom stereocenters. The second-order valence-electron chi connectivity index (χ2n) is 4.10. The molecule has 4 nitrogen and oxygen atoms in total. The van der Waals surface area contributed by atoms with Crippen LogP contribution in [0.25, 0.3) is 0 Å². The molecule has 0 aromatic carbocycles. The van der Waals surface area contributed by atoms with E-state index in [1.54, 1.807) is 6.92 Å². The largest absolute Gasteiger partial charge is 0.393 e. The summed E-state index contributed by atoms with van der Waals surface area (Å²) >= 11 is 0. The van der Waals surface area contributed by atoms with Crippen molar-refractivity contribution in [3.63, 3.8) is 0 Å². The van der Waals surface area contributed by atoms with E-state index < -0.39 is 5.54 Å². The minimum Gasteiger partial charge on any atom is -0.393 e. The van der Waals surface area contributed by atoms with Crippen molar-refractivity contribution in [2.45, 2.75) is 38.8 Å². The Morgan fingerprint density at radius 2 is 1.75 bits per heavy atom. The van der Waals surface area contributed by atoms with Crippen LogP contribution < -0.4 is 10.9 Å². The lowest BCUT2D eigenvalue weighted by Crippen LogP contribution is -2.57. The van der Waals surface area contributed by atoms with Gasteiger partial charge in [-0.3, -0.25) is 5.43 Å². The van der Waals surface area contributed by atoms with E-state index in [2.05, 4.69) is 10.9 Å².